The average molecular weight is 305 g/mol. The summed E-state index contributed by atoms with van der Waals surface area (Å²) in [6, 6.07) is 20.1. The van der Waals surface area contributed by atoms with Gasteiger partial charge in [0.2, 0.25) is 0 Å². The summed E-state index contributed by atoms with van der Waals surface area (Å²) >= 11 is 0. The van der Waals surface area contributed by atoms with Gasteiger partial charge in [0.15, 0.2) is 5.78 Å². The van der Waals surface area contributed by atoms with Gasteiger partial charge in [-0.1, -0.05) is 79.9 Å². The zero-order valence-electron chi connectivity index (χ0n) is 13.4. The van der Waals surface area contributed by atoms with E-state index in [4.69, 9.17) is 0 Å². The Morgan fingerprint density at radius 1 is 0.826 bits per heavy atom. The van der Waals surface area contributed by atoms with Gasteiger partial charge in [0, 0.05) is 23.4 Å². The van der Waals surface area contributed by atoms with Crippen LogP contribution in [-0.4, -0.2) is 11.8 Å². The maximum Gasteiger partial charge on any atom is 0.187 e. The van der Waals surface area contributed by atoms with E-state index in [9.17, 15) is 4.79 Å². The third-order valence-electron chi connectivity index (χ3n) is 4.38. The van der Waals surface area contributed by atoms with Crippen LogP contribution < -0.4 is 5.32 Å². The van der Waals surface area contributed by atoms with Gasteiger partial charge in [-0.05, 0) is 18.4 Å². The van der Waals surface area contributed by atoms with Gasteiger partial charge in [-0.25, -0.2) is 0 Å². The minimum atomic E-state index is 0.0489. The maximum atomic E-state index is 12.6. The lowest BCUT2D eigenvalue weighted by atomic mass is 9.94. The number of hydrogen-bond donors (Lipinski definition) is 1. The molecule has 1 N–H and O–H groups in total. The van der Waals surface area contributed by atoms with Gasteiger partial charge in [0.05, 0.1) is 0 Å². The van der Waals surface area contributed by atoms with E-state index < -0.39 is 0 Å². The van der Waals surface area contributed by atoms with E-state index in [-0.39, 0.29) is 5.78 Å². The number of benzene rings is 2. The molecule has 2 heteroatoms. The number of carbonyl (C=O) groups is 1. The van der Waals surface area contributed by atoms with Crippen LogP contribution in [0.2, 0.25) is 0 Å². The van der Waals surface area contributed by atoms with Crippen LogP contribution >= 0.6 is 0 Å². The molecule has 2 aromatic carbocycles. The normalized spacial score (nSPS) is 16.1. The first-order valence-corrected chi connectivity index (χ1v) is 8.46. The standard InChI is InChI=1S/C21H23NO/c23-21(18-12-6-2-7-13-18)16-20(17-10-4-1-5-11-17)22-19-14-8-3-9-15-19/h1-2,4-7,10-13,16,19,22H,3,8-9,14-15H2. The van der Waals surface area contributed by atoms with E-state index >= 15 is 0 Å². The molecule has 2 aromatic rings. The molecule has 0 saturated heterocycles. The molecule has 0 atom stereocenters. The van der Waals surface area contributed by atoms with Crippen LogP contribution in [0, 0.1) is 0 Å². The Morgan fingerprint density at radius 3 is 2.00 bits per heavy atom. The van der Waals surface area contributed by atoms with Gasteiger partial charge < -0.3 is 5.32 Å². The predicted octanol–water partition coefficient (Wildman–Crippen LogP) is 4.83. The minimum absolute atomic E-state index is 0.0489. The fraction of sp³-hybridized carbons (Fsp3) is 0.286. The number of ketones is 1. The highest BCUT2D eigenvalue weighted by Gasteiger charge is 2.15. The molecule has 0 bridgehead atoms. The van der Waals surface area contributed by atoms with Crippen LogP contribution in [0.1, 0.15) is 48.0 Å². The number of hydrogen-bond acceptors (Lipinski definition) is 2. The molecule has 0 heterocycles. The van der Waals surface area contributed by atoms with E-state index in [0.717, 1.165) is 16.8 Å². The highest BCUT2D eigenvalue weighted by Crippen LogP contribution is 2.21. The topological polar surface area (TPSA) is 29.1 Å². The smallest absolute Gasteiger partial charge is 0.187 e. The van der Waals surface area contributed by atoms with Crippen LogP contribution in [0.25, 0.3) is 5.70 Å². The van der Waals surface area contributed by atoms with Crippen LogP contribution in [0.15, 0.2) is 66.7 Å². The Morgan fingerprint density at radius 2 is 1.39 bits per heavy atom. The molecule has 1 aliphatic carbocycles. The van der Waals surface area contributed by atoms with E-state index in [1.807, 2.05) is 48.5 Å². The summed E-state index contributed by atoms with van der Waals surface area (Å²) in [5.74, 6) is 0.0489. The SMILES string of the molecule is O=C(C=C(NC1CCCCC1)c1ccccc1)c1ccccc1. The summed E-state index contributed by atoms with van der Waals surface area (Å²) in [4.78, 5) is 12.6. The number of rotatable bonds is 5. The fourth-order valence-corrected chi connectivity index (χ4v) is 3.11. The largest absolute Gasteiger partial charge is 0.382 e. The second-order valence-electron chi connectivity index (χ2n) is 6.13. The fourth-order valence-electron chi connectivity index (χ4n) is 3.11. The van der Waals surface area contributed by atoms with Crippen molar-refractivity contribution in [3.05, 3.63) is 77.9 Å². The number of nitrogens with one attached hydrogen (secondary N) is 1. The highest BCUT2D eigenvalue weighted by atomic mass is 16.1. The van der Waals surface area contributed by atoms with E-state index in [1.54, 1.807) is 6.08 Å². The summed E-state index contributed by atoms with van der Waals surface area (Å²) in [7, 11) is 0. The van der Waals surface area contributed by atoms with Gasteiger partial charge >= 0.3 is 0 Å². The molecule has 1 aliphatic rings. The van der Waals surface area contributed by atoms with Crippen molar-refractivity contribution in [3.8, 4) is 0 Å². The molecule has 0 radical (unpaired) electrons. The van der Waals surface area contributed by atoms with Crippen LogP contribution in [0.3, 0.4) is 0 Å². The predicted molar refractivity (Wildman–Crippen MR) is 95.2 cm³/mol. The Hall–Kier alpha value is -2.35. The number of allylic oxidation sites excluding steroid dienone is 1. The molecule has 2 nitrogen and oxygen atoms in total. The summed E-state index contributed by atoms with van der Waals surface area (Å²) < 4.78 is 0. The Kier molecular flexibility index (Phi) is 5.25. The monoisotopic (exact) mass is 305 g/mol. The summed E-state index contributed by atoms with van der Waals surface area (Å²) in [6.45, 7) is 0. The van der Waals surface area contributed by atoms with Crippen molar-refractivity contribution in [1.82, 2.24) is 5.32 Å². The van der Waals surface area contributed by atoms with E-state index in [2.05, 4.69) is 17.4 Å². The van der Waals surface area contributed by atoms with Crippen molar-refractivity contribution in [2.45, 2.75) is 38.1 Å². The minimum Gasteiger partial charge on any atom is -0.382 e. The summed E-state index contributed by atoms with van der Waals surface area (Å²) in [5.41, 5.74) is 2.74. The lowest BCUT2D eigenvalue weighted by Crippen LogP contribution is -2.30. The third-order valence-corrected chi connectivity index (χ3v) is 4.38. The second kappa shape index (κ2) is 7.77. The van der Waals surface area contributed by atoms with Gasteiger partial charge in [0.1, 0.15) is 0 Å². The quantitative estimate of drug-likeness (QED) is 0.633. The first-order chi connectivity index (χ1) is 11.3. The molecule has 23 heavy (non-hydrogen) atoms. The molecular formula is C21H23NO. The maximum absolute atomic E-state index is 12.6. The molecule has 0 aromatic heterocycles. The summed E-state index contributed by atoms with van der Waals surface area (Å²) in [5, 5.41) is 3.61. The van der Waals surface area contributed by atoms with Gasteiger partial charge in [0.25, 0.3) is 0 Å². The summed E-state index contributed by atoms with van der Waals surface area (Å²) in [6.07, 6.45) is 7.98. The molecule has 0 unspecified atom stereocenters. The van der Waals surface area contributed by atoms with Crippen molar-refractivity contribution < 1.29 is 4.79 Å². The van der Waals surface area contributed by atoms with Crippen molar-refractivity contribution in [1.29, 1.82) is 0 Å². The van der Waals surface area contributed by atoms with Crippen molar-refractivity contribution in [2.24, 2.45) is 0 Å². The highest BCUT2D eigenvalue weighted by molar-refractivity contribution is 6.08. The average Bonchev–Trinajstić information content (AvgIpc) is 2.63. The van der Waals surface area contributed by atoms with Crippen molar-refractivity contribution in [2.75, 3.05) is 0 Å². The molecule has 118 valence electrons. The zero-order valence-corrected chi connectivity index (χ0v) is 13.4. The lowest BCUT2D eigenvalue weighted by Gasteiger charge is -2.25. The zero-order chi connectivity index (χ0) is 15.9. The van der Waals surface area contributed by atoms with Crippen LogP contribution in [-0.2, 0) is 0 Å². The van der Waals surface area contributed by atoms with Gasteiger partial charge in [-0.15, -0.1) is 0 Å². The van der Waals surface area contributed by atoms with Gasteiger partial charge in [-0.3, -0.25) is 4.79 Å². The molecule has 0 aliphatic heterocycles. The lowest BCUT2D eigenvalue weighted by molar-refractivity contribution is 0.104. The molecular weight excluding hydrogens is 282 g/mol. The first kappa shape index (κ1) is 15.5. The Labute approximate surface area is 138 Å². The van der Waals surface area contributed by atoms with Crippen molar-refractivity contribution >= 4 is 11.5 Å². The van der Waals surface area contributed by atoms with Crippen LogP contribution in [0.5, 0.6) is 0 Å². The molecule has 0 spiro atoms. The second-order valence-corrected chi connectivity index (χ2v) is 6.13. The molecule has 0 amide bonds. The first-order valence-electron chi connectivity index (χ1n) is 8.46. The molecule has 1 saturated carbocycles. The van der Waals surface area contributed by atoms with Gasteiger partial charge in [-0.2, -0.15) is 0 Å². The van der Waals surface area contributed by atoms with E-state index in [1.165, 1.54) is 32.1 Å². The Bertz CT molecular complexity index is 655. The molecule has 3 rings (SSSR count). The third kappa shape index (κ3) is 4.32. The van der Waals surface area contributed by atoms with E-state index in [0.29, 0.717) is 6.04 Å². The Balaban J connectivity index is 1.85. The van der Waals surface area contributed by atoms with Crippen LogP contribution in [0.4, 0.5) is 0 Å². The van der Waals surface area contributed by atoms with Crippen molar-refractivity contribution in [3.63, 3.8) is 0 Å². The molecule has 1 fully saturated rings. The number of carbonyl (C=O) groups excluding carboxylic acids is 1.